The van der Waals surface area contributed by atoms with E-state index in [1.807, 2.05) is 30.5 Å². The van der Waals surface area contributed by atoms with Crippen LogP contribution in [0.1, 0.15) is 37.1 Å². The highest BCUT2D eigenvalue weighted by Crippen LogP contribution is 2.25. The Hall–Kier alpha value is -1.60. The molecular formula is C14H25N5O2. The topological polar surface area (TPSA) is 62.6 Å². The van der Waals surface area contributed by atoms with Crippen molar-refractivity contribution in [3.8, 4) is 0 Å². The monoisotopic (exact) mass is 295 g/mol. The van der Waals surface area contributed by atoms with Crippen LogP contribution in [0, 0.1) is 0 Å². The highest BCUT2D eigenvalue weighted by Gasteiger charge is 2.34. The zero-order valence-electron chi connectivity index (χ0n) is 13.5. The van der Waals surface area contributed by atoms with Gasteiger partial charge in [0.25, 0.3) is 5.91 Å². The minimum atomic E-state index is -0.453. The SMILES string of the molecule is CCOC1NC(=O)c2c(nc(CN(CC)CC)n2C)N1C. The summed E-state index contributed by atoms with van der Waals surface area (Å²) < 4.78 is 7.41. The second-order valence-electron chi connectivity index (χ2n) is 5.11. The van der Waals surface area contributed by atoms with Gasteiger partial charge in [-0.25, -0.2) is 4.98 Å². The van der Waals surface area contributed by atoms with E-state index in [4.69, 9.17) is 4.74 Å². The Morgan fingerprint density at radius 3 is 2.52 bits per heavy atom. The summed E-state index contributed by atoms with van der Waals surface area (Å²) in [5.74, 6) is 1.44. The highest BCUT2D eigenvalue weighted by atomic mass is 16.5. The largest absolute Gasteiger partial charge is 0.341 e. The molecule has 0 radical (unpaired) electrons. The Bertz CT molecular complexity index is 510. The number of imidazole rings is 1. The number of carbonyl (C=O) groups is 1. The summed E-state index contributed by atoms with van der Waals surface area (Å²) in [5.41, 5.74) is 0.593. The number of hydrogen-bond donors (Lipinski definition) is 1. The van der Waals surface area contributed by atoms with Gasteiger partial charge < -0.3 is 19.5 Å². The van der Waals surface area contributed by atoms with Crippen molar-refractivity contribution < 1.29 is 9.53 Å². The van der Waals surface area contributed by atoms with Gasteiger partial charge in [-0.3, -0.25) is 9.69 Å². The van der Waals surface area contributed by atoms with Gasteiger partial charge in [-0.2, -0.15) is 0 Å². The Morgan fingerprint density at radius 1 is 1.29 bits per heavy atom. The summed E-state index contributed by atoms with van der Waals surface area (Å²) in [6.45, 7) is 9.32. The molecule has 21 heavy (non-hydrogen) atoms. The zero-order chi connectivity index (χ0) is 15.6. The number of fused-ring (bicyclic) bond motifs is 1. The molecule has 1 N–H and O–H groups in total. The van der Waals surface area contributed by atoms with E-state index >= 15 is 0 Å². The van der Waals surface area contributed by atoms with Crippen LogP contribution in [-0.2, 0) is 18.3 Å². The number of amides is 1. The number of nitrogens with zero attached hydrogens (tertiary/aromatic N) is 4. The Morgan fingerprint density at radius 2 is 1.95 bits per heavy atom. The third kappa shape index (κ3) is 2.89. The lowest BCUT2D eigenvalue weighted by Crippen LogP contribution is -2.53. The molecule has 1 atom stereocenters. The fourth-order valence-electron chi connectivity index (χ4n) is 2.52. The van der Waals surface area contributed by atoms with E-state index < -0.39 is 6.35 Å². The minimum Gasteiger partial charge on any atom is -0.341 e. The van der Waals surface area contributed by atoms with Crippen molar-refractivity contribution in [2.24, 2.45) is 7.05 Å². The Kier molecular flexibility index (Phi) is 4.84. The number of rotatable bonds is 6. The molecule has 1 aromatic rings. The van der Waals surface area contributed by atoms with Crippen molar-refractivity contribution in [1.29, 1.82) is 0 Å². The van der Waals surface area contributed by atoms with Gasteiger partial charge >= 0.3 is 0 Å². The van der Waals surface area contributed by atoms with E-state index in [0.29, 0.717) is 18.1 Å². The van der Waals surface area contributed by atoms with Crippen molar-refractivity contribution in [1.82, 2.24) is 19.8 Å². The van der Waals surface area contributed by atoms with Crippen LogP contribution in [0.25, 0.3) is 0 Å². The van der Waals surface area contributed by atoms with E-state index in [1.165, 1.54) is 0 Å². The van der Waals surface area contributed by atoms with Gasteiger partial charge in [0.2, 0.25) is 6.35 Å². The van der Waals surface area contributed by atoms with Crippen molar-refractivity contribution in [3.05, 3.63) is 11.5 Å². The molecule has 1 amide bonds. The summed E-state index contributed by atoms with van der Waals surface area (Å²) in [4.78, 5) is 21.1. The number of aromatic nitrogens is 2. The fourth-order valence-corrected chi connectivity index (χ4v) is 2.52. The summed E-state index contributed by atoms with van der Waals surface area (Å²) in [5, 5.41) is 2.85. The normalized spacial score (nSPS) is 18.1. The van der Waals surface area contributed by atoms with E-state index in [2.05, 4.69) is 29.0 Å². The van der Waals surface area contributed by atoms with Crippen LogP contribution < -0.4 is 10.2 Å². The van der Waals surface area contributed by atoms with Crippen molar-refractivity contribution in [3.63, 3.8) is 0 Å². The standard InChI is InChI=1S/C14H25N5O2/c1-6-19(7-2)9-10-15-12-11(17(10)4)13(20)16-14(18(12)5)21-8-3/h14H,6-9H2,1-5H3,(H,16,20). The predicted octanol–water partition coefficient (Wildman–Crippen LogP) is 0.762. The maximum atomic E-state index is 12.3. The van der Waals surface area contributed by atoms with Crippen LogP contribution in [0.4, 0.5) is 5.82 Å². The quantitative estimate of drug-likeness (QED) is 0.839. The molecule has 1 unspecified atom stereocenters. The molecule has 0 fully saturated rings. The molecule has 0 spiro atoms. The number of carbonyl (C=O) groups excluding carboxylic acids is 1. The van der Waals surface area contributed by atoms with Gasteiger partial charge in [-0.05, 0) is 20.0 Å². The average molecular weight is 295 g/mol. The molecule has 1 aromatic heterocycles. The molecule has 0 bridgehead atoms. The average Bonchev–Trinajstić information content (AvgIpc) is 2.80. The number of hydrogen-bond acceptors (Lipinski definition) is 5. The molecule has 7 nitrogen and oxygen atoms in total. The summed E-state index contributed by atoms with van der Waals surface area (Å²) in [7, 11) is 3.77. The zero-order valence-corrected chi connectivity index (χ0v) is 13.5. The molecule has 118 valence electrons. The van der Waals surface area contributed by atoms with Gasteiger partial charge in [-0.15, -0.1) is 0 Å². The first-order valence-electron chi connectivity index (χ1n) is 7.46. The number of ether oxygens (including phenoxy) is 1. The lowest BCUT2D eigenvalue weighted by atomic mass is 10.3. The van der Waals surface area contributed by atoms with Crippen LogP contribution >= 0.6 is 0 Å². The smallest absolute Gasteiger partial charge is 0.275 e. The first-order valence-corrected chi connectivity index (χ1v) is 7.46. The van der Waals surface area contributed by atoms with E-state index in [0.717, 1.165) is 25.5 Å². The van der Waals surface area contributed by atoms with Crippen LogP contribution in [0.15, 0.2) is 0 Å². The highest BCUT2D eigenvalue weighted by molar-refractivity contribution is 5.99. The molecule has 2 rings (SSSR count). The van der Waals surface area contributed by atoms with Gasteiger partial charge in [-0.1, -0.05) is 13.8 Å². The van der Waals surface area contributed by atoms with E-state index in [1.54, 1.807) is 0 Å². The minimum absolute atomic E-state index is 0.137. The van der Waals surface area contributed by atoms with Crippen LogP contribution in [0.2, 0.25) is 0 Å². The second kappa shape index (κ2) is 6.44. The third-order valence-electron chi connectivity index (χ3n) is 3.91. The molecular weight excluding hydrogens is 270 g/mol. The Balaban J connectivity index is 2.32. The first-order chi connectivity index (χ1) is 10.0. The summed E-state index contributed by atoms with van der Waals surface area (Å²) in [6, 6.07) is 0. The van der Waals surface area contributed by atoms with Gasteiger partial charge in [0.05, 0.1) is 6.54 Å². The molecule has 0 aliphatic carbocycles. The molecule has 1 aliphatic heterocycles. The van der Waals surface area contributed by atoms with Crippen LogP contribution in [0.5, 0.6) is 0 Å². The number of nitrogens with one attached hydrogen (secondary N) is 1. The molecule has 0 saturated heterocycles. The Labute approximate surface area is 125 Å². The lowest BCUT2D eigenvalue weighted by molar-refractivity contribution is 0.0313. The van der Waals surface area contributed by atoms with Crippen molar-refractivity contribution >= 4 is 11.7 Å². The van der Waals surface area contributed by atoms with E-state index in [-0.39, 0.29) is 5.91 Å². The van der Waals surface area contributed by atoms with E-state index in [9.17, 15) is 4.79 Å². The fraction of sp³-hybridized carbons (Fsp3) is 0.714. The molecule has 2 heterocycles. The van der Waals surface area contributed by atoms with Crippen molar-refractivity contribution in [2.75, 3.05) is 31.6 Å². The summed E-state index contributed by atoms with van der Waals surface area (Å²) >= 11 is 0. The molecule has 0 saturated carbocycles. The van der Waals surface area contributed by atoms with Gasteiger partial charge in [0.1, 0.15) is 5.82 Å². The van der Waals surface area contributed by atoms with Crippen LogP contribution in [0.3, 0.4) is 0 Å². The molecule has 7 heteroatoms. The lowest BCUT2D eigenvalue weighted by Gasteiger charge is -2.32. The second-order valence-corrected chi connectivity index (χ2v) is 5.11. The predicted molar refractivity (Wildman–Crippen MR) is 81.1 cm³/mol. The van der Waals surface area contributed by atoms with Gasteiger partial charge in [0, 0.05) is 20.7 Å². The maximum absolute atomic E-state index is 12.3. The van der Waals surface area contributed by atoms with Gasteiger partial charge in [0.15, 0.2) is 11.5 Å². The van der Waals surface area contributed by atoms with Crippen molar-refractivity contribution in [2.45, 2.75) is 33.7 Å². The maximum Gasteiger partial charge on any atom is 0.275 e. The number of anilines is 1. The first kappa shape index (κ1) is 15.8. The van der Waals surface area contributed by atoms with Crippen LogP contribution in [-0.4, -0.2) is 53.5 Å². The molecule has 1 aliphatic rings. The molecule has 0 aromatic carbocycles. The summed E-state index contributed by atoms with van der Waals surface area (Å²) in [6.07, 6.45) is -0.453. The third-order valence-corrected chi connectivity index (χ3v) is 3.91.